The topological polar surface area (TPSA) is 43.9 Å². The maximum atomic E-state index is 5.18. The van der Waals surface area contributed by atoms with Crippen molar-refractivity contribution in [3.05, 3.63) is 36.9 Å². The molecular formula is C11H9N3O. The van der Waals surface area contributed by atoms with E-state index in [9.17, 15) is 0 Å². The zero-order valence-corrected chi connectivity index (χ0v) is 8.21. The van der Waals surface area contributed by atoms with Crippen LogP contribution >= 0.6 is 0 Å². The Morgan fingerprint density at radius 3 is 3.00 bits per heavy atom. The van der Waals surface area contributed by atoms with Crippen molar-refractivity contribution in [2.45, 2.75) is 0 Å². The van der Waals surface area contributed by atoms with Crippen LogP contribution in [0.2, 0.25) is 0 Å². The van der Waals surface area contributed by atoms with Crippen LogP contribution in [0.15, 0.2) is 41.3 Å². The van der Waals surface area contributed by atoms with E-state index < -0.39 is 0 Å². The van der Waals surface area contributed by atoms with E-state index in [0.29, 0.717) is 0 Å². The van der Waals surface area contributed by atoms with Crippen molar-refractivity contribution < 1.29 is 4.42 Å². The number of fused-ring (bicyclic) bond motifs is 1. The quantitative estimate of drug-likeness (QED) is 0.603. The van der Waals surface area contributed by atoms with E-state index in [-0.39, 0.29) is 0 Å². The predicted molar refractivity (Wildman–Crippen MR) is 56.2 cm³/mol. The van der Waals surface area contributed by atoms with Gasteiger partial charge in [-0.15, -0.1) is 0 Å². The van der Waals surface area contributed by atoms with Gasteiger partial charge in [0.1, 0.15) is 5.52 Å². The standard InChI is InChI=1S/C11H9N3O/c1-14-5-4-9(13-14)8-2-3-11-10(6-8)12-7-15-11/h2-7H,1H3. The van der Waals surface area contributed by atoms with Crippen molar-refractivity contribution in [2.24, 2.45) is 7.05 Å². The Morgan fingerprint density at radius 2 is 2.20 bits per heavy atom. The second kappa shape index (κ2) is 2.95. The number of rotatable bonds is 1. The third kappa shape index (κ3) is 1.30. The van der Waals surface area contributed by atoms with Gasteiger partial charge < -0.3 is 4.42 Å². The highest BCUT2D eigenvalue weighted by molar-refractivity contribution is 5.78. The van der Waals surface area contributed by atoms with Crippen molar-refractivity contribution in [3.63, 3.8) is 0 Å². The summed E-state index contributed by atoms with van der Waals surface area (Å²) in [5.41, 5.74) is 3.66. The minimum absolute atomic E-state index is 0.801. The summed E-state index contributed by atoms with van der Waals surface area (Å²) in [4.78, 5) is 4.11. The lowest BCUT2D eigenvalue weighted by Gasteiger charge is -1.95. The fourth-order valence-corrected chi connectivity index (χ4v) is 1.59. The molecule has 2 heterocycles. The highest BCUT2D eigenvalue weighted by Crippen LogP contribution is 2.21. The second-order valence-corrected chi connectivity index (χ2v) is 3.41. The smallest absolute Gasteiger partial charge is 0.181 e. The van der Waals surface area contributed by atoms with E-state index in [2.05, 4.69) is 10.1 Å². The Kier molecular flexibility index (Phi) is 1.62. The molecule has 0 saturated heterocycles. The average molecular weight is 199 g/mol. The molecule has 1 aromatic carbocycles. The van der Waals surface area contributed by atoms with Gasteiger partial charge in [-0.1, -0.05) is 0 Å². The molecule has 0 aliphatic carbocycles. The summed E-state index contributed by atoms with van der Waals surface area (Å²) < 4.78 is 6.96. The molecule has 3 rings (SSSR count). The van der Waals surface area contributed by atoms with E-state index in [1.807, 2.05) is 37.5 Å². The monoisotopic (exact) mass is 199 g/mol. The first-order valence-electron chi connectivity index (χ1n) is 4.66. The highest BCUT2D eigenvalue weighted by Gasteiger charge is 2.04. The fourth-order valence-electron chi connectivity index (χ4n) is 1.59. The van der Waals surface area contributed by atoms with Crippen LogP contribution in [0.25, 0.3) is 22.4 Å². The molecule has 15 heavy (non-hydrogen) atoms. The molecule has 0 fully saturated rings. The normalized spacial score (nSPS) is 11.0. The predicted octanol–water partition coefficient (Wildman–Crippen LogP) is 2.23. The molecule has 0 spiro atoms. The van der Waals surface area contributed by atoms with Crippen molar-refractivity contribution in [1.29, 1.82) is 0 Å². The molecule has 0 aliphatic heterocycles. The van der Waals surface area contributed by atoms with Crippen LogP contribution in [-0.4, -0.2) is 14.8 Å². The molecule has 4 nitrogen and oxygen atoms in total. The summed E-state index contributed by atoms with van der Waals surface area (Å²) in [6, 6.07) is 7.84. The van der Waals surface area contributed by atoms with Crippen LogP contribution in [0.4, 0.5) is 0 Å². The van der Waals surface area contributed by atoms with Gasteiger partial charge in [0.15, 0.2) is 12.0 Å². The van der Waals surface area contributed by atoms with Gasteiger partial charge in [-0.25, -0.2) is 4.98 Å². The lowest BCUT2D eigenvalue weighted by atomic mass is 10.1. The van der Waals surface area contributed by atoms with Crippen molar-refractivity contribution in [2.75, 3.05) is 0 Å². The van der Waals surface area contributed by atoms with Crippen molar-refractivity contribution in [3.8, 4) is 11.3 Å². The molecule has 2 aromatic heterocycles. The Bertz CT molecular complexity index is 609. The Hall–Kier alpha value is -2.10. The largest absolute Gasteiger partial charge is 0.443 e. The number of benzene rings is 1. The van der Waals surface area contributed by atoms with Crippen LogP contribution < -0.4 is 0 Å². The van der Waals surface area contributed by atoms with Crippen LogP contribution in [0.3, 0.4) is 0 Å². The van der Waals surface area contributed by atoms with Gasteiger partial charge in [0.2, 0.25) is 0 Å². The lowest BCUT2D eigenvalue weighted by molar-refractivity contribution is 0.602. The Labute approximate surface area is 86.2 Å². The highest BCUT2D eigenvalue weighted by atomic mass is 16.3. The molecule has 0 saturated carbocycles. The average Bonchev–Trinajstić information content (AvgIpc) is 2.84. The third-order valence-electron chi connectivity index (χ3n) is 2.34. The first kappa shape index (κ1) is 8.23. The second-order valence-electron chi connectivity index (χ2n) is 3.41. The van der Waals surface area contributed by atoms with E-state index in [4.69, 9.17) is 4.42 Å². The molecule has 0 atom stereocenters. The summed E-state index contributed by atoms with van der Waals surface area (Å²) in [7, 11) is 1.90. The minimum atomic E-state index is 0.801. The number of oxazole rings is 1. The van der Waals surface area contributed by atoms with E-state index in [1.54, 1.807) is 4.68 Å². The fraction of sp³-hybridized carbons (Fsp3) is 0.0909. The number of hydrogen-bond acceptors (Lipinski definition) is 3. The number of aryl methyl sites for hydroxylation is 1. The molecule has 0 N–H and O–H groups in total. The van der Waals surface area contributed by atoms with Gasteiger partial charge in [-0.2, -0.15) is 5.10 Å². The van der Waals surface area contributed by atoms with Gasteiger partial charge >= 0.3 is 0 Å². The SMILES string of the molecule is Cn1ccc(-c2ccc3ocnc3c2)n1. The van der Waals surface area contributed by atoms with Gasteiger partial charge in [-0.3, -0.25) is 4.68 Å². The summed E-state index contributed by atoms with van der Waals surface area (Å²) >= 11 is 0. The first-order chi connectivity index (χ1) is 7.33. The minimum Gasteiger partial charge on any atom is -0.443 e. The molecule has 0 radical (unpaired) electrons. The van der Waals surface area contributed by atoms with E-state index >= 15 is 0 Å². The molecule has 0 aliphatic rings. The summed E-state index contributed by atoms with van der Waals surface area (Å²) in [5, 5.41) is 4.33. The van der Waals surface area contributed by atoms with Gasteiger partial charge in [0.05, 0.1) is 5.69 Å². The van der Waals surface area contributed by atoms with Gasteiger partial charge in [0, 0.05) is 18.8 Å². The summed E-state index contributed by atoms with van der Waals surface area (Å²) in [5.74, 6) is 0. The molecule has 74 valence electrons. The van der Waals surface area contributed by atoms with E-state index in [1.165, 1.54) is 6.39 Å². The number of nitrogens with zero attached hydrogens (tertiary/aromatic N) is 3. The molecular weight excluding hydrogens is 190 g/mol. The van der Waals surface area contributed by atoms with Gasteiger partial charge in [0.25, 0.3) is 0 Å². The summed E-state index contributed by atoms with van der Waals surface area (Å²) in [6.45, 7) is 0. The Balaban J connectivity index is 2.18. The van der Waals surface area contributed by atoms with Crippen LogP contribution in [0, 0.1) is 0 Å². The maximum Gasteiger partial charge on any atom is 0.181 e. The first-order valence-corrected chi connectivity index (χ1v) is 4.66. The van der Waals surface area contributed by atoms with Gasteiger partial charge in [-0.05, 0) is 24.3 Å². The molecule has 0 bridgehead atoms. The maximum absolute atomic E-state index is 5.18. The molecule has 0 amide bonds. The lowest BCUT2D eigenvalue weighted by Crippen LogP contribution is -1.87. The van der Waals surface area contributed by atoms with Crippen LogP contribution in [-0.2, 0) is 7.05 Å². The van der Waals surface area contributed by atoms with E-state index in [0.717, 1.165) is 22.4 Å². The number of hydrogen-bond donors (Lipinski definition) is 0. The van der Waals surface area contributed by atoms with Crippen LogP contribution in [0.5, 0.6) is 0 Å². The van der Waals surface area contributed by atoms with Crippen molar-refractivity contribution >= 4 is 11.1 Å². The van der Waals surface area contributed by atoms with Crippen LogP contribution in [0.1, 0.15) is 0 Å². The van der Waals surface area contributed by atoms with Crippen molar-refractivity contribution in [1.82, 2.24) is 14.8 Å². The third-order valence-corrected chi connectivity index (χ3v) is 2.34. The molecule has 3 aromatic rings. The number of aromatic nitrogens is 3. The molecule has 0 unspecified atom stereocenters. The Morgan fingerprint density at radius 1 is 1.27 bits per heavy atom. The summed E-state index contributed by atoms with van der Waals surface area (Å²) in [6.07, 6.45) is 3.37. The molecule has 4 heteroatoms. The zero-order chi connectivity index (χ0) is 10.3. The zero-order valence-electron chi connectivity index (χ0n) is 8.21.